The second-order valence-electron chi connectivity index (χ2n) is 5.22. The van der Waals surface area contributed by atoms with Gasteiger partial charge in [-0.2, -0.15) is 0 Å². The summed E-state index contributed by atoms with van der Waals surface area (Å²) in [5.74, 6) is -1.21. The van der Waals surface area contributed by atoms with E-state index in [1.807, 2.05) is 6.92 Å². The summed E-state index contributed by atoms with van der Waals surface area (Å²) < 4.78 is 0. The van der Waals surface area contributed by atoms with Crippen LogP contribution in [-0.4, -0.2) is 28.0 Å². The molecule has 1 heterocycles. The maximum absolute atomic E-state index is 12.0. The van der Waals surface area contributed by atoms with Crippen LogP contribution in [0, 0.1) is 5.92 Å². The van der Waals surface area contributed by atoms with E-state index in [1.165, 1.54) is 11.3 Å². The van der Waals surface area contributed by atoms with Gasteiger partial charge in [-0.3, -0.25) is 9.59 Å². The van der Waals surface area contributed by atoms with Crippen LogP contribution in [-0.2, 0) is 4.79 Å². The first-order valence-corrected chi connectivity index (χ1v) is 7.60. The molecule has 2 rings (SSSR count). The van der Waals surface area contributed by atoms with E-state index in [0.29, 0.717) is 31.4 Å². The quantitative estimate of drug-likeness (QED) is 0.781. The van der Waals surface area contributed by atoms with Gasteiger partial charge in [0.15, 0.2) is 0 Å². The van der Waals surface area contributed by atoms with Crippen LogP contribution >= 0.6 is 11.3 Å². The van der Waals surface area contributed by atoms with Gasteiger partial charge in [-0.15, -0.1) is 11.3 Å². The molecule has 0 spiro atoms. The van der Waals surface area contributed by atoms with Crippen molar-refractivity contribution in [3.05, 3.63) is 16.1 Å². The predicted octanol–water partition coefficient (Wildman–Crippen LogP) is 1.54. The lowest BCUT2D eigenvalue weighted by Gasteiger charge is -2.26. The summed E-state index contributed by atoms with van der Waals surface area (Å²) in [6.07, 6.45) is 2.63. The number of aromatic nitrogens is 1. The summed E-state index contributed by atoms with van der Waals surface area (Å²) in [5.41, 5.74) is 6.11. The van der Waals surface area contributed by atoms with Gasteiger partial charge in [-0.05, 0) is 32.6 Å². The van der Waals surface area contributed by atoms with E-state index in [9.17, 15) is 9.59 Å². The van der Waals surface area contributed by atoms with Crippen LogP contribution in [0.2, 0.25) is 0 Å². The van der Waals surface area contributed by atoms with Gasteiger partial charge < -0.3 is 16.2 Å². The summed E-state index contributed by atoms with van der Waals surface area (Å²) in [5, 5.41) is 14.3. The molecule has 110 valence electrons. The van der Waals surface area contributed by atoms with E-state index in [0.717, 1.165) is 5.01 Å². The molecule has 1 aliphatic rings. The van der Waals surface area contributed by atoms with Crippen LogP contribution in [0.1, 0.15) is 54.1 Å². The van der Waals surface area contributed by atoms with Crippen LogP contribution in [0.15, 0.2) is 5.38 Å². The molecule has 4 N–H and O–H groups in total. The monoisotopic (exact) mass is 297 g/mol. The minimum absolute atomic E-state index is 0.0403. The average molecular weight is 297 g/mol. The highest BCUT2D eigenvalue weighted by atomic mass is 32.1. The third kappa shape index (κ3) is 3.55. The fourth-order valence-electron chi connectivity index (χ4n) is 2.35. The summed E-state index contributed by atoms with van der Waals surface area (Å²) in [6, 6.07) is -0.133. The number of rotatable bonds is 4. The lowest BCUT2D eigenvalue weighted by Crippen LogP contribution is -2.38. The van der Waals surface area contributed by atoms with Crippen molar-refractivity contribution in [2.75, 3.05) is 0 Å². The van der Waals surface area contributed by atoms with Gasteiger partial charge in [0.1, 0.15) is 10.7 Å². The van der Waals surface area contributed by atoms with E-state index in [-0.39, 0.29) is 23.9 Å². The van der Waals surface area contributed by atoms with E-state index in [1.54, 1.807) is 5.38 Å². The molecule has 0 bridgehead atoms. The number of nitrogens with two attached hydrogens (primary N) is 1. The fraction of sp³-hybridized carbons (Fsp3) is 0.615. The Hall–Kier alpha value is -1.47. The maximum atomic E-state index is 12.0. The number of hydrogen-bond acceptors (Lipinski definition) is 5. The number of carboxylic acids is 1. The van der Waals surface area contributed by atoms with E-state index < -0.39 is 5.97 Å². The SMILES string of the molecule is CC(N)c1nc(C(=O)NC2CCC(C(=O)O)CC2)cs1. The van der Waals surface area contributed by atoms with Gasteiger partial charge in [0, 0.05) is 11.4 Å². The number of nitrogens with zero attached hydrogens (tertiary/aromatic N) is 1. The standard InChI is InChI=1S/C13H19N3O3S/c1-7(14)12-16-10(6-20-12)11(17)15-9-4-2-8(3-5-9)13(18)19/h6-9H,2-5,14H2,1H3,(H,15,17)(H,18,19). The fourth-order valence-corrected chi connectivity index (χ4v) is 3.10. The molecular formula is C13H19N3O3S. The highest BCUT2D eigenvalue weighted by Crippen LogP contribution is 2.25. The lowest BCUT2D eigenvalue weighted by atomic mass is 9.86. The molecule has 7 heteroatoms. The molecule has 20 heavy (non-hydrogen) atoms. The van der Waals surface area contributed by atoms with Crippen molar-refractivity contribution in [2.45, 2.75) is 44.7 Å². The molecule has 1 aromatic heterocycles. The zero-order valence-electron chi connectivity index (χ0n) is 11.3. The molecule has 1 saturated carbocycles. The molecule has 6 nitrogen and oxygen atoms in total. The number of aliphatic carboxylic acids is 1. The van der Waals surface area contributed by atoms with Crippen molar-refractivity contribution in [1.29, 1.82) is 0 Å². The summed E-state index contributed by atoms with van der Waals surface area (Å²) in [7, 11) is 0. The van der Waals surface area contributed by atoms with Crippen molar-refractivity contribution in [3.63, 3.8) is 0 Å². The van der Waals surface area contributed by atoms with Crippen molar-refractivity contribution in [3.8, 4) is 0 Å². The van der Waals surface area contributed by atoms with Crippen molar-refractivity contribution in [2.24, 2.45) is 11.7 Å². The third-order valence-electron chi connectivity index (χ3n) is 3.56. The predicted molar refractivity (Wildman–Crippen MR) is 75.6 cm³/mol. The molecule has 1 unspecified atom stereocenters. The van der Waals surface area contributed by atoms with Crippen LogP contribution in [0.3, 0.4) is 0 Å². The van der Waals surface area contributed by atoms with Crippen molar-refractivity contribution in [1.82, 2.24) is 10.3 Å². The highest BCUT2D eigenvalue weighted by molar-refractivity contribution is 7.09. The highest BCUT2D eigenvalue weighted by Gasteiger charge is 2.27. The van der Waals surface area contributed by atoms with Crippen molar-refractivity contribution < 1.29 is 14.7 Å². The number of carbonyl (C=O) groups excluding carboxylic acids is 1. The normalized spacial score (nSPS) is 24.1. The van der Waals surface area contributed by atoms with Gasteiger partial charge in [0.05, 0.1) is 12.0 Å². The Kier molecular flexibility index (Phi) is 4.72. The van der Waals surface area contributed by atoms with Gasteiger partial charge in [-0.1, -0.05) is 0 Å². The Morgan fingerprint density at radius 3 is 2.60 bits per heavy atom. The lowest BCUT2D eigenvalue weighted by molar-refractivity contribution is -0.142. The number of carboxylic acid groups (broad SMARTS) is 1. The molecule has 1 amide bonds. The Bertz CT molecular complexity index is 493. The maximum Gasteiger partial charge on any atom is 0.306 e. The van der Waals surface area contributed by atoms with E-state index >= 15 is 0 Å². The molecular weight excluding hydrogens is 278 g/mol. The van der Waals surface area contributed by atoms with Crippen molar-refractivity contribution >= 4 is 23.2 Å². The molecule has 1 aromatic rings. The molecule has 0 aliphatic heterocycles. The van der Waals surface area contributed by atoms with Gasteiger partial charge in [0.25, 0.3) is 5.91 Å². The van der Waals surface area contributed by atoms with E-state index in [2.05, 4.69) is 10.3 Å². The number of amides is 1. The van der Waals surface area contributed by atoms with Crippen LogP contribution < -0.4 is 11.1 Å². The van der Waals surface area contributed by atoms with E-state index in [4.69, 9.17) is 10.8 Å². The molecule has 0 aromatic carbocycles. The Morgan fingerprint density at radius 2 is 2.10 bits per heavy atom. The number of hydrogen-bond donors (Lipinski definition) is 3. The number of thiazole rings is 1. The largest absolute Gasteiger partial charge is 0.481 e. The minimum atomic E-state index is -0.740. The first-order chi connectivity index (χ1) is 9.47. The van der Waals surface area contributed by atoms with Crippen LogP contribution in [0.25, 0.3) is 0 Å². The number of nitrogens with one attached hydrogen (secondary N) is 1. The average Bonchev–Trinajstić information content (AvgIpc) is 2.89. The second-order valence-corrected chi connectivity index (χ2v) is 6.11. The molecule has 0 radical (unpaired) electrons. The van der Waals surface area contributed by atoms with Gasteiger partial charge in [-0.25, -0.2) is 4.98 Å². The van der Waals surface area contributed by atoms with Gasteiger partial charge >= 0.3 is 5.97 Å². The summed E-state index contributed by atoms with van der Waals surface area (Å²) >= 11 is 1.38. The summed E-state index contributed by atoms with van der Waals surface area (Å²) in [6.45, 7) is 1.83. The minimum Gasteiger partial charge on any atom is -0.481 e. The first-order valence-electron chi connectivity index (χ1n) is 6.72. The smallest absolute Gasteiger partial charge is 0.306 e. The molecule has 1 atom stereocenters. The zero-order valence-corrected chi connectivity index (χ0v) is 12.2. The Morgan fingerprint density at radius 1 is 1.45 bits per heavy atom. The molecule has 1 fully saturated rings. The Balaban J connectivity index is 1.87. The molecule has 1 aliphatic carbocycles. The summed E-state index contributed by atoms with van der Waals surface area (Å²) in [4.78, 5) is 27.1. The third-order valence-corrected chi connectivity index (χ3v) is 4.60. The van der Waals surface area contributed by atoms with Crippen LogP contribution in [0.5, 0.6) is 0 Å². The molecule has 0 saturated heterocycles. The van der Waals surface area contributed by atoms with Gasteiger partial charge in [0.2, 0.25) is 0 Å². The number of carbonyl (C=O) groups is 2. The second kappa shape index (κ2) is 6.32. The zero-order chi connectivity index (χ0) is 14.7. The topological polar surface area (TPSA) is 105 Å². The Labute approximate surface area is 121 Å². The first kappa shape index (κ1) is 14.9. The van der Waals surface area contributed by atoms with Crippen LogP contribution in [0.4, 0.5) is 0 Å².